The predicted molar refractivity (Wildman–Crippen MR) is 82.1 cm³/mol. The van der Waals surface area contributed by atoms with Gasteiger partial charge in [-0.25, -0.2) is 4.39 Å². The normalized spacial score (nSPS) is 10.5. The van der Waals surface area contributed by atoms with Crippen molar-refractivity contribution in [2.45, 2.75) is 13.3 Å². The number of hydrogen-bond donors (Lipinski definition) is 0. The molecule has 0 amide bonds. The van der Waals surface area contributed by atoms with Crippen LogP contribution in [-0.4, -0.2) is 12.4 Å². The molecule has 110 valence electrons. The van der Waals surface area contributed by atoms with Gasteiger partial charge in [0.1, 0.15) is 11.6 Å². The largest absolute Gasteiger partial charge is 0.492 e. The zero-order valence-electron chi connectivity index (χ0n) is 11.3. The fourth-order valence-electron chi connectivity index (χ4n) is 1.89. The van der Waals surface area contributed by atoms with Gasteiger partial charge in [-0.2, -0.15) is 0 Å². The molecular weight excluding hydrogens is 314 g/mol. The third-order valence-corrected chi connectivity index (χ3v) is 3.51. The molecule has 0 saturated carbocycles. The number of halogens is 3. The van der Waals surface area contributed by atoms with Crippen LogP contribution in [-0.2, 0) is 6.42 Å². The number of carbonyl (C=O) groups is 1. The van der Waals surface area contributed by atoms with Crippen LogP contribution in [0.4, 0.5) is 4.39 Å². The minimum Gasteiger partial charge on any atom is -0.492 e. The van der Waals surface area contributed by atoms with E-state index in [0.717, 1.165) is 0 Å². The Kier molecular flexibility index (Phi) is 5.21. The molecule has 0 aliphatic rings. The molecule has 0 N–H and O–H groups in total. The lowest BCUT2D eigenvalue weighted by Gasteiger charge is -2.09. The summed E-state index contributed by atoms with van der Waals surface area (Å²) in [6.45, 7) is 2.29. The monoisotopic (exact) mass is 326 g/mol. The Morgan fingerprint density at radius 2 is 1.81 bits per heavy atom. The van der Waals surface area contributed by atoms with Crippen LogP contribution in [0.25, 0.3) is 0 Å². The van der Waals surface area contributed by atoms with Gasteiger partial charge < -0.3 is 4.74 Å². The molecule has 21 heavy (non-hydrogen) atoms. The van der Waals surface area contributed by atoms with E-state index in [9.17, 15) is 9.18 Å². The second-order valence-corrected chi connectivity index (χ2v) is 5.24. The first kappa shape index (κ1) is 15.8. The van der Waals surface area contributed by atoms with Crippen LogP contribution in [0.1, 0.15) is 22.8 Å². The molecule has 0 aromatic heterocycles. The van der Waals surface area contributed by atoms with Crippen LogP contribution >= 0.6 is 23.2 Å². The van der Waals surface area contributed by atoms with Gasteiger partial charge in [0.2, 0.25) is 0 Å². The van der Waals surface area contributed by atoms with Crippen molar-refractivity contribution in [3.05, 3.63) is 63.4 Å². The Balaban J connectivity index is 2.23. The van der Waals surface area contributed by atoms with E-state index in [1.807, 2.05) is 6.92 Å². The molecule has 0 aliphatic heterocycles. The van der Waals surface area contributed by atoms with Gasteiger partial charge in [0.15, 0.2) is 5.78 Å². The fourth-order valence-corrected chi connectivity index (χ4v) is 2.37. The van der Waals surface area contributed by atoms with Gasteiger partial charge in [-0.15, -0.1) is 0 Å². The minimum absolute atomic E-state index is 0.129. The fraction of sp³-hybridized carbons (Fsp3) is 0.188. The summed E-state index contributed by atoms with van der Waals surface area (Å²) in [6, 6.07) is 8.80. The molecule has 0 bridgehead atoms. The highest BCUT2D eigenvalue weighted by molar-refractivity contribution is 6.36. The Bertz CT molecular complexity index is 654. The number of hydrogen-bond acceptors (Lipinski definition) is 2. The van der Waals surface area contributed by atoms with E-state index >= 15 is 0 Å². The molecule has 2 aromatic rings. The van der Waals surface area contributed by atoms with E-state index in [1.54, 1.807) is 12.1 Å². The van der Waals surface area contributed by atoms with Gasteiger partial charge in [0.25, 0.3) is 0 Å². The summed E-state index contributed by atoms with van der Waals surface area (Å²) in [6.07, 6.45) is 0.129. The van der Waals surface area contributed by atoms with Crippen molar-refractivity contribution >= 4 is 29.0 Å². The summed E-state index contributed by atoms with van der Waals surface area (Å²) in [5.74, 6) is -0.0765. The summed E-state index contributed by atoms with van der Waals surface area (Å²) in [5, 5.41) is 0.624. The summed E-state index contributed by atoms with van der Waals surface area (Å²) in [4.78, 5) is 12.3. The highest BCUT2D eigenvalue weighted by atomic mass is 35.5. The van der Waals surface area contributed by atoms with Crippen molar-refractivity contribution < 1.29 is 13.9 Å². The third kappa shape index (κ3) is 3.96. The predicted octanol–water partition coefficient (Wildman–Crippen LogP) is 4.96. The molecule has 0 fully saturated rings. The van der Waals surface area contributed by atoms with Gasteiger partial charge in [-0.05, 0) is 30.7 Å². The second-order valence-electron chi connectivity index (χ2n) is 4.42. The SMILES string of the molecule is CCOc1cc(Cl)c(C(=O)Cc2ccc(F)cc2)cc1Cl. The zero-order chi connectivity index (χ0) is 15.4. The van der Waals surface area contributed by atoms with Crippen molar-refractivity contribution in [2.24, 2.45) is 0 Å². The van der Waals surface area contributed by atoms with Crippen molar-refractivity contribution in [3.8, 4) is 5.75 Å². The summed E-state index contributed by atoms with van der Waals surface area (Å²) >= 11 is 12.2. The zero-order valence-corrected chi connectivity index (χ0v) is 12.8. The molecule has 2 aromatic carbocycles. The molecule has 5 heteroatoms. The average Bonchev–Trinajstić information content (AvgIpc) is 2.45. The molecule has 0 aliphatic carbocycles. The van der Waals surface area contributed by atoms with E-state index < -0.39 is 0 Å². The second kappa shape index (κ2) is 6.92. The Labute approximate surface area is 132 Å². The van der Waals surface area contributed by atoms with Gasteiger partial charge >= 0.3 is 0 Å². The standard InChI is InChI=1S/C16H13Cl2FO2/c1-2-21-16-9-13(17)12(8-14(16)18)15(20)7-10-3-5-11(19)6-4-10/h3-6,8-9H,2,7H2,1H3. The van der Waals surface area contributed by atoms with E-state index in [4.69, 9.17) is 27.9 Å². The maximum absolute atomic E-state index is 12.8. The Morgan fingerprint density at radius 3 is 2.43 bits per heavy atom. The number of benzene rings is 2. The van der Waals surface area contributed by atoms with Crippen molar-refractivity contribution in [2.75, 3.05) is 6.61 Å². The number of Topliss-reactive ketones (excluding diaryl/α,β-unsaturated/α-hetero) is 1. The third-order valence-electron chi connectivity index (χ3n) is 2.90. The first-order valence-electron chi connectivity index (χ1n) is 6.40. The molecule has 2 nitrogen and oxygen atoms in total. The number of rotatable bonds is 5. The molecule has 0 heterocycles. The summed E-state index contributed by atoms with van der Waals surface area (Å²) in [7, 11) is 0. The molecular formula is C16H13Cl2FO2. The van der Waals surface area contributed by atoms with Crippen LogP contribution in [0, 0.1) is 5.82 Å². The summed E-state index contributed by atoms with van der Waals surface area (Å²) < 4.78 is 18.2. The molecule has 0 saturated heterocycles. The Morgan fingerprint density at radius 1 is 1.14 bits per heavy atom. The smallest absolute Gasteiger partial charge is 0.168 e. The first-order chi connectivity index (χ1) is 10.0. The van der Waals surface area contributed by atoms with Crippen molar-refractivity contribution in [1.82, 2.24) is 0 Å². The van der Waals surface area contributed by atoms with E-state index in [-0.39, 0.29) is 23.0 Å². The lowest BCUT2D eigenvalue weighted by atomic mass is 10.0. The van der Waals surface area contributed by atoms with Crippen molar-refractivity contribution in [1.29, 1.82) is 0 Å². The van der Waals surface area contributed by atoms with Crippen molar-refractivity contribution in [3.63, 3.8) is 0 Å². The lowest BCUT2D eigenvalue weighted by Crippen LogP contribution is -2.05. The number of carbonyl (C=O) groups excluding carboxylic acids is 1. The van der Waals surface area contributed by atoms with E-state index in [1.165, 1.54) is 24.3 Å². The molecule has 0 radical (unpaired) electrons. The molecule has 2 rings (SSSR count). The van der Waals surface area contributed by atoms with Crippen LogP contribution in [0.15, 0.2) is 36.4 Å². The quantitative estimate of drug-likeness (QED) is 0.726. The van der Waals surface area contributed by atoms with Gasteiger partial charge in [-0.1, -0.05) is 35.3 Å². The molecule has 0 unspecified atom stereocenters. The first-order valence-corrected chi connectivity index (χ1v) is 7.16. The number of ether oxygens (including phenoxy) is 1. The molecule has 0 spiro atoms. The van der Waals surface area contributed by atoms with Gasteiger partial charge in [0, 0.05) is 18.1 Å². The minimum atomic E-state index is -0.339. The van der Waals surface area contributed by atoms with E-state index in [0.29, 0.717) is 28.5 Å². The van der Waals surface area contributed by atoms with Gasteiger partial charge in [-0.3, -0.25) is 4.79 Å². The van der Waals surface area contributed by atoms with Crippen LogP contribution in [0.2, 0.25) is 10.0 Å². The summed E-state index contributed by atoms with van der Waals surface area (Å²) in [5.41, 5.74) is 1.04. The van der Waals surface area contributed by atoms with Crippen LogP contribution in [0.5, 0.6) is 5.75 Å². The Hall–Kier alpha value is -1.58. The lowest BCUT2D eigenvalue weighted by molar-refractivity contribution is 0.0993. The van der Waals surface area contributed by atoms with Gasteiger partial charge in [0.05, 0.1) is 16.7 Å². The maximum Gasteiger partial charge on any atom is 0.168 e. The topological polar surface area (TPSA) is 26.3 Å². The average molecular weight is 327 g/mol. The maximum atomic E-state index is 12.8. The van der Waals surface area contributed by atoms with Crippen LogP contribution in [0.3, 0.4) is 0 Å². The van der Waals surface area contributed by atoms with E-state index in [2.05, 4.69) is 0 Å². The van der Waals surface area contributed by atoms with Crippen LogP contribution < -0.4 is 4.74 Å². The highest BCUT2D eigenvalue weighted by Gasteiger charge is 2.15. The number of ketones is 1. The highest BCUT2D eigenvalue weighted by Crippen LogP contribution is 2.31. The molecule has 0 atom stereocenters.